The average molecular weight is 419 g/mol. The van der Waals surface area contributed by atoms with E-state index < -0.39 is 0 Å². The highest BCUT2D eigenvalue weighted by molar-refractivity contribution is 9.10. The Morgan fingerprint density at radius 2 is 1.52 bits per heavy atom. The van der Waals surface area contributed by atoms with Crippen LogP contribution in [-0.4, -0.2) is 9.55 Å². The van der Waals surface area contributed by atoms with Gasteiger partial charge in [0.2, 0.25) is 0 Å². The summed E-state index contributed by atoms with van der Waals surface area (Å²) in [6.45, 7) is 2.95. The summed E-state index contributed by atoms with van der Waals surface area (Å²) in [4.78, 5) is 4.92. The van der Waals surface area contributed by atoms with Crippen molar-refractivity contribution in [1.82, 2.24) is 9.55 Å². The number of hydrogen-bond donors (Lipinski definition) is 0. The summed E-state index contributed by atoms with van der Waals surface area (Å²) >= 11 is 3.71. The molecule has 0 N–H and O–H groups in total. The maximum atomic E-state index is 4.92. The first-order chi connectivity index (χ1) is 13.2. The fraction of sp³-hybridized carbons (Fsp3) is 0.208. The molecule has 0 saturated carbocycles. The van der Waals surface area contributed by atoms with Crippen molar-refractivity contribution in [2.24, 2.45) is 0 Å². The summed E-state index contributed by atoms with van der Waals surface area (Å²) in [5.74, 6) is 1.07. The largest absolute Gasteiger partial charge is 0.324 e. The minimum absolute atomic E-state index is 0.850. The molecule has 0 radical (unpaired) electrons. The molecule has 0 spiro atoms. The fourth-order valence-electron chi connectivity index (χ4n) is 3.66. The molecule has 3 heteroatoms. The van der Waals surface area contributed by atoms with Crippen molar-refractivity contribution in [2.75, 3.05) is 0 Å². The number of rotatable bonds is 6. The summed E-state index contributed by atoms with van der Waals surface area (Å²) in [5, 5.41) is 0. The quantitative estimate of drug-likeness (QED) is 0.357. The molecule has 1 aromatic heterocycles. The molecule has 0 bridgehead atoms. The second kappa shape index (κ2) is 8.10. The number of nitrogens with zero attached hydrogens (tertiary/aromatic N) is 2. The van der Waals surface area contributed by atoms with E-state index in [1.165, 1.54) is 22.2 Å². The molecular formula is C24H23BrN2. The molecule has 3 aromatic carbocycles. The van der Waals surface area contributed by atoms with Crippen molar-refractivity contribution in [3.05, 3.63) is 99.8 Å². The molecule has 1 heterocycles. The van der Waals surface area contributed by atoms with Gasteiger partial charge in [-0.25, -0.2) is 4.98 Å². The predicted octanol–water partition coefficient (Wildman–Crippen LogP) is 6.33. The molecule has 0 saturated heterocycles. The summed E-state index contributed by atoms with van der Waals surface area (Å²) in [6, 6.07) is 25.7. The summed E-state index contributed by atoms with van der Waals surface area (Å²) < 4.78 is 3.44. The monoisotopic (exact) mass is 418 g/mol. The SMILES string of the molecule is Cc1nc2c(CCCc3ccccc3)cc(Br)cc2n1Cc1ccccc1. The number of benzene rings is 3. The van der Waals surface area contributed by atoms with Crippen LogP contribution in [0.15, 0.2) is 77.3 Å². The first kappa shape index (κ1) is 18.0. The van der Waals surface area contributed by atoms with Crippen molar-refractivity contribution < 1.29 is 0 Å². The van der Waals surface area contributed by atoms with Crippen LogP contribution in [-0.2, 0) is 19.4 Å². The van der Waals surface area contributed by atoms with E-state index in [9.17, 15) is 0 Å². The zero-order chi connectivity index (χ0) is 18.6. The van der Waals surface area contributed by atoms with Gasteiger partial charge >= 0.3 is 0 Å². The molecule has 0 amide bonds. The van der Waals surface area contributed by atoms with Crippen molar-refractivity contribution in [3.63, 3.8) is 0 Å². The predicted molar refractivity (Wildman–Crippen MR) is 116 cm³/mol. The van der Waals surface area contributed by atoms with Gasteiger partial charge in [-0.3, -0.25) is 0 Å². The Balaban J connectivity index is 1.61. The van der Waals surface area contributed by atoms with E-state index >= 15 is 0 Å². The van der Waals surface area contributed by atoms with Gasteiger partial charge in [0.15, 0.2) is 0 Å². The summed E-state index contributed by atoms with van der Waals surface area (Å²) in [6.07, 6.45) is 3.26. The van der Waals surface area contributed by atoms with Gasteiger partial charge in [0.05, 0.1) is 11.0 Å². The molecule has 4 rings (SSSR count). The van der Waals surface area contributed by atoms with Crippen LogP contribution in [0.25, 0.3) is 11.0 Å². The second-order valence-corrected chi connectivity index (χ2v) is 7.92. The van der Waals surface area contributed by atoms with Gasteiger partial charge in [0.1, 0.15) is 5.82 Å². The minimum atomic E-state index is 0.850. The average Bonchev–Trinajstić information content (AvgIpc) is 2.99. The Bertz CT molecular complexity index is 1040. The van der Waals surface area contributed by atoms with Crippen LogP contribution >= 0.6 is 15.9 Å². The molecule has 0 atom stereocenters. The highest BCUT2D eigenvalue weighted by Gasteiger charge is 2.13. The van der Waals surface area contributed by atoms with E-state index in [2.05, 4.69) is 100 Å². The third kappa shape index (κ3) is 4.14. The van der Waals surface area contributed by atoms with E-state index in [1.807, 2.05) is 0 Å². The van der Waals surface area contributed by atoms with Gasteiger partial charge in [-0.15, -0.1) is 0 Å². The maximum absolute atomic E-state index is 4.92. The third-order valence-electron chi connectivity index (χ3n) is 5.03. The van der Waals surface area contributed by atoms with Gasteiger partial charge in [0, 0.05) is 11.0 Å². The van der Waals surface area contributed by atoms with Gasteiger partial charge in [-0.05, 0) is 55.0 Å². The van der Waals surface area contributed by atoms with Gasteiger partial charge in [-0.1, -0.05) is 76.6 Å². The van der Waals surface area contributed by atoms with E-state index in [4.69, 9.17) is 4.98 Å². The lowest BCUT2D eigenvalue weighted by Gasteiger charge is -2.09. The lowest BCUT2D eigenvalue weighted by atomic mass is 10.0. The lowest BCUT2D eigenvalue weighted by Crippen LogP contribution is -2.01. The molecule has 0 aliphatic carbocycles. The minimum Gasteiger partial charge on any atom is -0.324 e. The Morgan fingerprint density at radius 3 is 2.22 bits per heavy atom. The van der Waals surface area contributed by atoms with E-state index in [0.717, 1.165) is 41.6 Å². The third-order valence-corrected chi connectivity index (χ3v) is 5.48. The van der Waals surface area contributed by atoms with E-state index in [1.54, 1.807) is 0 Å². The first-order valence-corrected chi connectivity index (χ1v) is 10.2. The van der Waals surface area contributed by atoms with Crippen LogP contribution in [0.2, 0.25) is 0 Å². The lowest BCUT2D eigenvalue weighted by molar-refractivity contribution is 0.786. The van der Waals surface area contributed by atoms with Gasteiger partial charge < -0.3 is 4.57 Å². The molecule has 0 aliphatic heterocycles. The van der Waals surface area contributed by atoms with Crippen LogP contribution < -0.4 is 0 Å². The summed E-state index contributed by atoms with van der Waals surface area (Å²) in [5.41, 5.74) is 6.37. The number of hydrogen-bond acceptors (Lipinski definition) is 1. The van der Waals surface area contributed by atoms with E-state index in [0.29, 0.717) is 0 Å². The number of fused-ring (bicyclic) bond motifs is 1. The van der Waals surface area contributed by atoms with Crippen LogP contribution in [0.3, 0.4) is 0 Å². The zero-order valence-corrected chi connectivity index (χ0v) is 17.1. The highest BCUT2D eigenvalue weighted by atomic mass is 79.9. The van der Waals surface area contributed by atoms with Crippen LogP contribution in [0.4, 0.5) is 0 Å². The molecule has 2 nitrogen and oxygen atoms in total. The Hall–Kier alpha value is -2.39. The van der Waals surface area contributed by atoms with Gasteiger partial charge in [-0.2, -0.15) is 0 Å². The van der Waals surface area contributed by atoms with Crippen LogP contribution in [0.5, 0.6) is 0 Å². The Kier molecular flexibility index (Phi) is 5.40. The number of aryl methyl sites for hydroxylation is 3. The van der Waals surface area contributed by atoms with Crippen molar-refractivity contribution >= 4 is 27.0 Å². The van der Waals surface area contributed by atoms with Crippen molar-refractivity contribution in [3.8, 4) is 0 Å². The van der Waals surface area contributed by atoms with Gasteiger partial charge in [0.25, 0.3) is 0 Å². The summed E-state index contributed by atoms with van der Waals surface area (Å²) in [7, 11) is 0. The molecule has 0 fully saturated rings. The van der Waals surface area contributed by atoms with Crippen molar-refractivity contribution in [2.45, 2.75) is 32.7 Å². The molecule has 27 heavy (non-hydrogen) atoms. The topological polar surface area (TPSA) is 17.8 Å². The molecule has 0 unspecified atom stereocenters. The highest BCUT2D eigenvalue weighted by Crippen LogP contribution is 2.27. The standard InChI is InChI=1S/C24H23BrN2/c1-18-26-24-21(14-8-13-19-9-4-2-5-10-19)15-22(25)16-23(24)27(18)17-20-11-6-3-7-12-20/h2-7,9-12,15-16H,8,13-14,17H2,1H3. The maximum Gasteiger partial charge on any atom is 0.107 e. The Labute approximate surface area is 169 Å². The van der Waals surface area contributed by atoms with Crippen molar-refractivity contribution in [1.29, 1.82) is 0 Å². The number of aromatic nitrogens is 2. The van der Waals surface area contributed by atoms with E-state index in [-0.39, 0.29) is 0 Å². The Morgan fingerprint density at radius 1 is 0.852 bits per heavy atom. The van der Waals surface area contributed by atoms with Crippen LogP contribution in [0, 0.1) is 6.92 Å². The molecule has 0 aliphatic rings. The first-order valence-electron chi connectivity index (χ1n) is 9.44. The number of imidazole rings is 1. The zero-order valence-electron chi connectivity index (χ0n) is 15.5. The molecule has 4 aromatic rings. The normalized spacial score (nSPS) is 11.2. The fourth-order valence-corrected chi connectivity index (χ4v) is 4.15. The second-order valence-electron chi connectivity index (χ2n) is 7.00. The molecule has 136 valence electrons. The molecular weight excluding hydrogens is 396 g/mol. The smallest absolute Gasteiger partial charge is 0.107 e. The number of halogens is 1. The van der Waals surface area contributed by atoms with Crippen LogP contribution in [0.1, 0.15) is 28.9 Å².